The van der Waals surface area contributed by atoms with Crippen LogP contribution in [0.25, 0.3) is 0 Å². The van der Waals surface area contributed by atoms with Crippen LogP contribution in [0.15, 0.2) is 24.3 Å². The molecular formula is C12H18O2S. The molecule has 0 N–H and O–H groups in total. The summed E-state index contributed by atoms with van der Waals surface area (Å²) in [6.07, 6.45) is 1.08. The average Bonchev–Trinajstić information content (AvgIpc) is 2.31. The van der Waals surface area contributed by atoms with Crippen molar-refractivity contribution in [3.05, 3.63) is 24.3 Å². The van der Waals surface area contributed by atoms with Gasteiger partial charge in [-0.25, -0.2) is 0 Å². The van der Waals surface area contributed by atoms with Gasteiger partial charge in [-0.05, 0) is 24.3 Å². The van der Waals surface area contributed by atoms with Gasteiger partial charge in [-0.15, -0.1) is 0 Å². The molecule has 1 rings (SSSR count). The maximum absolute atomic E-state index is 5.70. The lowest BCUT2D eigenvalue weighted by molar-refractivity contribution is 0.247. The van der Waals surface area contributed by atoms with Gasteiger partial charge < -0.3 is 9.47 Å². The Kier molecular flexibility index (Phi) is 5.40. The van der Waals surface area contributed by atoms with E-state index in [4.69, 9.17) is 9.47 Å². The van der Waals surface area contributed by atoms with Gasteiger partial charge >= 0.3 is 0 Å². The minimum absolute atomic E-state index is 0.498. The van der Waals surface area contributed by atoms with Gasteiger partial charge in [-0.1, -0.05) is 19.1 Å². The molecule has 3 heteroatoms. The Morgan fingerprint density at radius 1 is 1.27 bits per heavy atom. The van der Waals surface area contributed by atoms with Crippen LogP contribution in [0, 0.1) is 5.92 Å². The van der Waals surface area contributed by atoms with Crippen molar-refractivity contribution in [3.63, 3.8) is 0 Å². The van der Waals surface area contributed by atoms with Crippen LogP contribution in [-0.2, 0) is 0 Å². The van der Waals surface area contributed by atoms with E-state index in [2.05, 4.69) is 19.6 Å². The number of rotatable bonds is 6. The molecule has 0 aliphatic carbocycles. The molecule has 1 aromatic rings. The molecule has 1 aromatic carbocycles. The predicted octanol–water partition coefficient (Wildman–Crippen LogP) is 3.03. The second-order valence-electron chi connectivity index (χ2n) is 3.42. The molecule has 0 amide bonds. The summed E-state index contributed by atoms with van der Waals surface area (Å²) in [6.45, 7) is 2.84. The van der Waals surface area contributed by atoms with E-state index in [0.717, 1.165) is 23.7 Å². The number of hydrogen-bond donors (Lipinski definition) is 1. The van der Waals surface area contributed by atoms with E-state index in [1.807, 2.05) is 24.3 Å². The largest absolute Gasteiger partial charge is 0.493 e. The van der Waals surface area contributed by atoms with Crippen molar-refractivity contribution >= 4 is 12.6 Å². The molecule has 0 aliphatic heterocycles. The molecule has 0 saturated carbocycles. The normalized spacial score (nSPS) is 12.2. The third-order valence-electron chi connectivity index (χ3n) is 2.38. The lowest BCUT2D eigenvalue weighted by Gasteiger charge is -2.15. The van der Waals surface area contributed by atoms with Crippen molar-refractivity contribution in [1.82, 2.24) is 0 Å². The van der Waals surface area contributed by atoms with Crippen LogP contribution in [0.4, 0.5) is 0 Å². The summed E-state index contributed by atoms with van der Waals surface area (Å²) in [4.78, 5) is 0. The van der Waals surface area contributed by atoms with Gasteiger partial charge in [0.05, 0.1) is 13.7 Å². The minimum Gasteiger partial charge on any atom is -0.493 e. The zero-order valence-electron chi connectivity index (χ0n) is 9.27. The molecule has 0 spiro atoms. The number of para-hydroxylation sites is 2. The van der Waals surface area contributed by atoms with Crippen molar-refractivity contribution in [2.45, 2.75) is 13.3 Å². The van der Waals surface area contributed by atoms with Gasteiger partial charge in [0.2, 0.25) is 0 Å². The Morgan fingerprint density at radius 2 is 1.93 bits per heavy atom. The maximum atomic E-state index is 5.70. The summed E-state index contributed by atoms with van der Waals surface area (Å²) < 4.78 is 10.9. The predicted molar refractivity (Wildman–Crippen MR) is 66.1 cm³/mol. The lowest BCUT2D eigenvalue weighted by Crippen LogP contribution is -2.12. The summed E-state index contributed by atoms with van der Waals surface area (Å²) in [5.41, 5.74) is 0. The molecule has 0 saturated heterocycles. The summed E-state index contributed by atoms with van der Waals surface area (Å²) in [5.74, 6) is 2.94. The molecule has 0 bridgehead atoms. The highest BCUT2D eigenvalue weighted by molar-refractivity contribution is 7.80. The van der Waals surface area contributed by atoms with Gasteiger partial charge in [-0.3, -0.25) is 0 Å². The van der Waals surface area contributed by atoms with E-state index in [1.54, 1.807) is 7.11 Å². The van der Waals surface area contributed by atoms with Crippen LogP contribution in [0.2, 0.25) is 0 Å². The number of hydrogen-bond acceptors (Lipinski definition) is 3. The third-order valence-corrected chi connectivity index (χ3v) is 2.90. The first kappa shape index (κ1) is 12.2. The molecule has 0 fully saturated rings. The lowest BCUT2D eigenvalue weighted by atomic mass is 10.1. The number of thiol groups is 1. The van der Waals surface area contributed by atoms with E-state index in [-0.39, 0.29) is 0 Å². The van der Waals surface area contributed by atoms with Gasteiger partial charge in [0.15, 0.2) is 11.5 Å². The van der Waals surface area contributed by atoms with Crippen LogP contribution in [0.3, 0.4) is 0 Å². The summed E-state index contributed by atoms with van der Waals surface area (Å²) in [6, 6.07) is 7.70. The van der Waals surface area contributed by atoms with Crippen molar-refractivity contribution in [2.24, 2.45) is 5.92 Å². The monoisotopic (exact) mass is 226 g/mol. The van der Waals surface area contributed by atoms with E-state index in [1.165, 1.54) is 0 Å². The highest BCUT2D eigenvalue weighted by atomic mass is 32.1. The second-order valence-corrected chi connectivity index (χ2v) is 3.78. The Bertz CT molecular complexity index is 285. The Labute approximate surface area is 97.0 Å². The first-order valence-corrected chi connectivity index (χ1v) is 5.81. The van der Waals surface area contributed by atoms with Crippen molar-refractivity contribution < 1.29 is 9.47 Å². The number of methoxy groups -OCH3 is 1. The van der Waals surface area contributed by atoms with E-state index in [9.17, 15) is 0 Å². The number of benzene rings is 1. The highest BCUT2D eigenvalue weighted by Crippen LogP contribution is 2.26. The van der Waals surface area contributed by atoms with Crippen LogP contribution in [0.5, 0.6) is 11.5 Å². The molecule has 15 heavy (non-hydrogen) atoms. The average molecular weight is 226 g/mol. The third kappa shape index (κ3) is 3.67. The van der Waals surface area contributed by atoms with Crippen LogP contribution < -0.4 is 9.47 Å². The fourth-order valence-corrected chi connectivity index (χ4v) is 1.61. The SMILES string of the molecule is CCC(CS)COc1ccccc1OC. The van der Waals surface area contributed by atoms with Gasteiger partial charge in [0, 0.05) is 5.92 Å². The van der Waals surface area contributed by atoms with Gasteiger partial charge in [0.1, 0.15) is 0 Å². The van der Waals surface area contributed by atoms with E-state index in [0.29, 0.717) is 12.5 Å². The summed E-state index contributed by atoms with van der Waals surface area (Å²) in [5, 5.41) is 0. The first-order chi connectivity index (χ1) is 7.31. The topological polar surface area (TPSA) is 18.5 Å². The smallest absolute Gasteiger partial charge is 0.161 e. The second kappa shape index (κ2) is 6.62. The first-order valence-electron chi connectivity index (χ1n) is 5.18. The standard InChI is InChI=1S/C12H18O2S/c1-3-10(9-15)8-14-12-7-5-4-6-11(12)13-2/h4-7,10,15H,3,8-9H2,1-2H3. The van der Waals surface area contributed by atoms with Crippen molar-refractivity contribution in [3.8, 4) is 11.5 Å². The minimum atomic E-state index is 0.498. The highest BCUT2D eigenvalue weighted by Gasteiger charge is 2.07. The zero-order valence-corrected chi connectivity index (χ0v) is 10.2. The molecule has 0 radical (unpaired) electrons. The van der Waals surface area contributed by atoms with Crippen molar-refractivity contribution in [1.29, 1.82) is 0 Å². The Hall–Kier alpha value is -0.830. The maximum Gasteiger partial charge on any atom is 0.161 e. The molecule has 0 heterocycles. The molecule has 1 atom stereocenters. The fourth-order valence-electron chi connectivity index (χ4n) is 1.25. The van der Waals surface area contributed by atoms with E-state index < -0.39 is 0 Å². The van der Waals surface area contributed by atoms with E-state index >= 15 is 0 Å². The summed E-state index contributed by atoms with van der Waals surface area (Å²) >= 11 is 4.28. The molecular weight excluding hydrogens is 208 g/mol. The van der Waals surface area contributed by atoms with Gasteiger partial charge in [0.25, 0.3) is 0 Å². The molecule has 0 aliphatic rings. The zero-order chi connectivity index (χ0) is 11.1. The quantitative estimate of drug-likeness (QED) is 0.752. The van der Waals surface area contributed by atoms with Crippen LogP contribution in [0.1, 0.15) is 13.3 Å². The fraction of sp³-hybridized carbons (Fsp3) is 0.500. The number of ether oxygens (including phenoxy) is 2. The molecule has 2 nitrogen and oxygen atoms in total. The van der Waals surface area contributed by atoms with Crippen molar-refractivity contribution in [2.75, 3.05) is 19.5 Å². The van der Waals surface area contributed by atoms with Crippen LogP contribution >= 0.6 is 12.6 Å². The van der Waals surface area contributed by atoms with Crippen LogP contribution in [-0.4, -0.2) is 19.5 Å². The Balaban J connectivity index is 2.56. The molecule has 84 valence electrons. The summed E-state index contributed by atoms with van der Waals surface area (Å²) in [7, 11) is 1.65. The van der Waals surface area contributed by atoms with Gasteiger partial charge in [-0.2, -0.15) is 12.6 Å². The molecule has 1 unspecified atom stereocenters. The molecule has 0 aromatic heterocycles. The Morgan fingerprint density at radius 3 is 2.47 bits per heavy atom.